The van der Waals surface area contributed by atoms with Crippen molar-refractivity contribution in [3.8, 4) is 0 Å². The summed E-state index contributed by atoms with van der Waals surface area (Å²) in [5.41, 5.74) is 0.364. The minimum absolute atomic E-state index is 0.364. The smallest absolute Gasteiger partial charge is 0.0126 e. The van der Waals surface area contributed by atoms with Crippen LogP contribution in [0.5, 0.6) is 0 Å². The van der Waals surface area contributed by atoms with Crippen molar-refractivity contribution in [2.45, 2.75) is 45.6 Å². The molecular formula is C13H26N2. The molecule has 0 aromatic heterocycles. The highest BCUT2D eigenvalue weighted by Gasteiger charge is 2.27. The van der Waals surface area contributed by atoms with Crippen molar-refractivity contribution in [1.29, 1.82) is 0 Å². The van der Waals surface area contributed by atoms with E-state index in [0.29, 0.717) is 5.54 Å². The van der Waals surface area contributed by atoms with Gasteiger partial charge in [-0.15, -0.1) is 0 Å². The Bertz CT molecular complexity index is 195. The van der Waals surface area contributed by atoms with Gasteiger partial charge < -0.3 is 4.90 Å². The average Bonchev–Trinajstić information content (AvgIpc) is 2.11. The lowest BCUT2D eigenvalue weighted by Gasteiger charge is -2.43. The van der Waals surface area contributed by atoms with Gasteiger partial charge in [0.2, 0.25) is 0 Å². The van der Waals surface area contributed by atoms with Gasteiger partial charge in [-0.2, -0.15) is 0 Å². The predicted molar refractivity (Wildman–Crippen MR) is 65.1 cm³/mol. The van der Waals surface area contributed by atoms with Gasteiger partial charge in [0.1, 0.15) is 0 Å². The second-order valence-electron chi connectivity index (χ2n) is 6.26. The third-order valence-corrected chi connectivity index (χ3v) is 4.06. The summed E-state index contributed by atoms with van der Waals surface area (Å²) in [5, 5.41) is 0. The summed E-state index contributed by atoms with van der Waals surface area (Å²) in [4.78, 5) is 5.29. The van der Waals surface area contributed by atoms with E-state index in [1.165, 1.54) is 52.0 Å². The maximum absolute atomic E-state index is 2.67. The van der Waals surface area contributed by atoms with E-state index in [1.54, 1.807) is 0 Å². The lowest BCUT2D eigenvalue weighted by molar-refractivity contribution is 0.0481. The Morgan fingerprint density at radius 1 is 1.00 bits per heavy atom. The van der Waals surface area contributed by atoms with Crippen molar-refractivity contribution in [1.82, 2.24) is 9.80 Å². The molecule has 1 saturated heterocycles. The molecule has 0 aromatic rings. The summed E-state index contributed by atoms with van der Waals surface area (Å²) >= 11 is 0. The van der Waals surface area contributed by atoms with Crippen molar-refractivity contribution in [2.75, 3.05) is 32.7 Å². The van der Waals surface area contributed by atoms with Crippen LogP contribution in [0.4, 0.5) is 0 Å². The molecule has 0 aromatic carbocycles. The molecule has 0 atom stereocenters. The van der Waals surface area contributed by atoms with E-state index in [2.05, 4.69) is 30.6 Å². The van der Waals surface area contributed by atoms with Crippen molar-refractivity contribution in [2.24, 2.45) is 5.92 Å². The first kappa shape index (κ1) is 11.4. The first-order valence-electron chi connectivity index (χ1n) is 6.53. The van der Waals surface area contributed by atoms with Crippen LogP contribution in [-0.2, 0) is 0 Å². The Morgan fingerprint density at radius 3 is 2.00 bits per heavy atom. The van der Waals surface area contributed by atoms with Gasteiger partial charge in [0.25, 0.3) is 0 Å². The van der Waals surface area contributed by atoms with E-state index in [9.17, 15) is 0 Å². The van der Waals surface area contributed by atoms with Crippen LogP contribution in [0.1, 0.15) is 40.0 Å². The van der Waals surface area contributed by atoms with Gasteiger partial charge in [0.15, 0.2) is 0 Å². The molecule has 0 N–H and O–H groups in total. The topological polar surface area (TPSA) is 6.48 Å². The molecule has 0 spiro atoms. The molecule has 2 fully saturated rings. The molecule has 2 aliphatic rings. The summed E-state index contributed by atoms with van der Waals surface area (Å²) in [6, 6.07) is 0. The van der Waals surface area contributed by atoms with E-state index in [4.69, 9.17) is 0 Å². The van der Waals surface area contributed by atoms with Crippen molar-refractivity contribution < 1.29 is 0 Å². The number of piperazine rings is 1. The van der Waals surface area contributed by atoms with Crippen LogP contribution in [0.15, 0.2) is 0 Å². The van der Waals surface area contributed by atoms with Crippen LogP contribution in [0.2, 0.25) is 0 Å². The Morgan fingerprint density at radius 2 is 1.60 bits per heavy atom. The van der Waals surface area contributed by atoms with Crippen LogP contribution in [0.25, 0.3) is 0 Å². The molecule has 2 rings (SSSR count). The second-order valence-corrected chi connectivity index (χ2v) is 6.26. The van der Waals surface area contributed by atoms with Crippen molar-refractivity contribution >= 4 is 0 Å². The van der Waals surface area contributed by atoms with Crippen molar-refractivity contribution in [3.05, 3.63) is 0 Å². The molecule has 1 saturated carbocycles. The van der Waals surface area contributed by atoms with Gasteiger partial charge in [0.05, 0.1) is 0 Å². The monoisotopic (exact) mass is 210 g/mol. The SMILES string of the molecule is CC(C)(C)N1CCN(CC2CCC2)CC1. The molecule has 1 aliphatic carbocycles. The fraction of sp³-hybridized carbons (Fsp3) is 1.00. The molecule has 0 bridgehead atoms. The van der Waals surface area contributed by atoms with E-state index in [1.807, 2.05) is 0 Å². The van der Waals surface area contributed by atoms with Gasteiger partial charge in [-0.1, -0.05) is 6.42 Å². The average molecular weight is 210 g/mol. The van der Waals surface area contributed by atoms with Gasteiger partial charge in [-0.3, -0.25) is 4.90 Å². The minimum Gasteiger partial charge on any atom is -0.301 e. The first-order chi connectivity index (χ1) is 7.05. The number of hydrogen-bond donors (Lipinski definition) is 0. The highest BCUT2D eigenvalue weighted by Crippen LogP contribution is 2.27. The lowest BCUT2D eigenvalue weighted by atomic mass is 9.85. The van der Waals surface area contributed by atoms with E-state index in [-0.39, 0.29) is 0 Å². The number of nitrogens with zero attached hydrogens (tertiary/aromatic N) is 2. The molecule has 0 unspecified atom stereocenters. The molecule has 0 amide bonds. The minimum atomic E-state index is 0.364. The highest BCUT2D eigenvalue weighted by atomic mass is 15.3. The van der Waals surface area contributed by atoms with E-state index in [0.717, 1.165) is 5.92 Å². The third kappa shape index (κ3) is 2.94. The molecule has 2 nitrogen and oxygen atoms in total. The zero-order chi connectivity index (χ0) is 10.9. The second kappa shape index (κ2) is 4.42. The first-order valence-corrected chi connectivity index (χ1v) is 6.53. The summed E-state index contributed by atoms with van der Waals surface area (Å²) in [7, 11) is 0. The summed E-state index contributed by atoms with van der Waals surface area (Å²) < 4.78 is 0. The summed E-state index contributed by atoms with van der Waals surface area (Å²) in [5.74, 6) is 1.03. The maximum atomic E-state index is 2.67. The normalized spacial score (nSPS) is 26.6. The molecular weight excluding hydrogens is 184 g/mol. The van der Waals surface area contributed by atoms with E-state index < -0.39 is 0 Å². The Balaban J connectivity index is 1.71. The predicted octanol–water partition coefficient (Wildman–Crippen LogP) is 2.20. The standard InChI is InChI=1S/C13H26N2/c1-13(2,3)15-9-7-14(8-10-15)11-12-5-4-6-12/h12H,4-11H2,1-3H3. The Labute approximate surface area is 94.6 Å². The maximum Gasteiger partial charge on any atom is 0.0126 e. The van der Waals surface area contributed by atoms with Crippen LogP contribution in [0.3, 0.4) is 0 Å². The fourth-order valence-electron chi connectivity index (χ4n) is 2.64. The van der Waals surface area contributed by atoms with Gasteiger partial charge >= 0.3 is 0 Å². The van der Waals surface area contributed by atoms with Crippen molar-refractivity contribution in [3.63, 3.8) is 0 Å². The fourth-order valence-corrected chi connectivity index (χ4v) is 2.64. The molecule has 2 heteroatoms. The molecule has 88 valence electrons. The third-order valence-electron chi connectivity index (χ3n) is 4.06. The van der Waals surface area contributed by atoms with Gasteiger partial charge in [-0.05, 0) is 39.5 Å². The lowest BCUT2D eigenvalue weighted by Crippen LogP contribution is -2.54. The Kier molecular flexibility index (Phi) is 3.36. The number of rotatable bonds is 2. The van der Waals surface area contributed by atoms with Gasteiger partial charge in [-0.25, -0.2) is 0 Å². The molecule has 15 heavy (non-hydrogen) atoms. The summed E-state index contributed by atoms with van der Waals surface area (Å²) in [6.45, 7) is 13.4. The van der Waals surface area contributed by atoms with Crippen LogP contribution >= 0.6 is 0 Å². The molecule has 0 radical (unpaired) electrons. The summed E-state index contributed by atoms with van der Waals surface area (Å²) in [6.07, 6.45) is 4.45. The zero-order valence-corrected chi connectivity index (χ0v) is 10.6. The van der Waals surface area contributed by atoms with Crippen LogP contribution in [0, 0.1) is 5.92 Å². The molecule has 1 heterocycles. The quantitative estimate of drug-likeness (QED) is 0.689. The largest absolute Gasteiger partial charge is 0.301 e. The van der Waals surface area contributed by atoms with E-state index >= 15 is 0 Å². The molecule has 1 aliphatic heterocycles. The number of hydrogen-bond acceptors (Lipinski definition) is 2. The Hall–Kier alpha value is -0.0800. The van der Waals surface area contributed by atoms with Gasteiger partial charge in [0, 0.05) is 38.3 Å². The van der Waals surface area contributed by atoms with Crippen LogP contribution in [-0.4, -0.2) is 48.1 Å². The van der Waals surface area contributed by atoms with Crippen LogP contribution < -0.4 is 0 Å². The highest BCUT2D eigenvalue weighted by molar-refractivity contribution is 4.83. The zero-order valence-electron chi connectivity index (χ0n) is 10.6.